The second-order valence-electron chi connectivity index (χ2n) is 4.82. The zero-order chi connectivity index (χ0) is 16.7. The maximum absolute atomic E-state index is 11.8. The van der Waals surface area contributed by atoms with E-state index in [4.69, 9.17) is 4.74 Å². The van der Waals surface area contributed by atoms with Crippen LogP contribution in [-0.4, -0.2) is 25.3 Å². The van der Waals surface area contributed by atoms with Crippen LogP contribution >= 0.6 is 15.9 Å². The SMILES string of the molecule is COc1ccc(NCC(=O)NN=C(C)c2ccc(Br)cc2)cc1. The molecule has 0 fully saturated rings. The van der Waals surface area contributed by atoms with Crippen molar-refractivity contribution < 1.29 is 9.53 Å². The summed E-state index contributed by atoms with van der Waals surface area (Å²) < 4.78 is 6.08. The second-order valence-corrected chi connectivity index (χ2v) is 5.74. The molecule has 23 heavy (non-hydrogen) atoms. The summed E-state index contributed by atoms with van der Waals surface area (Å²) in [6, 6.07) is 15.1. The molecule has 5 nitrogen and oxygen atoms in total. The molecule has 1 amide bonds. The van der Waals surface area contributed by atoms with Crippen LogP contribution in [0.15, 0.2) is 58.1 Å². The highest BCUT2D eigenvalue weighted by Crippen LogP contribution is 2.14. The molecule has 0 saturated carbocycles. The van der Waals surface area contributed by atoms with E-state index in [0.717, 1.165) is 27.2 Å². The molecule has 0 saturated heterocycles. The van der Waals surface area contributed by atoms with Crippen LogP contribution in [0.4, 0.5) is 5.69 Å². The zero-order valence-corrected chi connectivity index (χ0v) is 14.6. The lowest BCUT2D eigenvalue weighted by molar-refractivity contribution is -0.119. The molecule has 0 bridgehead atoms. The highest BCUT2D eigenvalue weighted by atomic mass is 79.9. The first-order valence-corrected chi connectivity index (χ1v) is 7.85. The fourth-order valence-corrected chi connectivity index (χ4v) is 2.10. The first-order chi connectivity index (χ1) is 11.1. The van der Waals surface area contributed by atoms with Gasteiger partial charge in [0.15, 0.2) is 0 Å². The Balaban J connectivity index is 1.84. The number of hydrogen-bond donors (Lipinski definition) is 2. The fraction of sp³-hybridized carbons (Fsp3) is 0.176. The number of carbonyl (C=O) groups excluding carboxylic acids is 1. The van der Waals surface area contributed by atoms with E-state index in [2.05, 4.69) is 31.8 Å². The average Bonchev–Trinajstić information content (AvgIpc) is 2.59. The van der Waals surface area contributed by atoms with E-state index in [1.165, 1.54) is 0 Å². The Morgan fingerprint density at radius 2 is 1.78 bits per heavy atom. The van der Waals surface area contributed by atoms with E-state index in [1.807, 2.05) is 55.5 Å². The number of benzene rings is 2. The van der Waals surface area contributed by atoms with Crippen molar-refractivity contribution in [2.75, 3.05) is 19.0 Å². The summed E-state index contributed by atoms with van der Waals surface area (Å²) in [5, 5.41) is 7.13. The first kappa shape index (κ1) is 17.0. The van der Waals surface area contributed by atoms with Gasteiger partial charge in [0, 0.05) is 10.2 Å². The number of carbonyl (C=O) groups is 1. The van der Waals surface area contributed by atoms with Crippen LogP contribution < -0.4 is 15.5 Å². The highest BCUT2D eigenvalue weighted by molar-refractivity contribution is 9.10. The Bertz CT molecular complexity index is 682. The third kappa shape index (κ3) is 5.41. The molecule has 0 aromatic heterocycles. The minimum Gasteiger partial charge on any atom is -0.497 e. The summed E-state index contributed by atoms with van der Waals surface area (Å²) in [5.41, 5.74) is 5.08. The number of rotatable bonds is 6. The third-order valence-electron chi connectivity index (χ3n) is 3.15. The van der Waals surface area contributed by atoms with Gasteiger partial charge in [-0.2, -0.15) is 5.10 Å². The van der Waals surface area contributed by atoms with E-state index in [0.29, 0.717) is 0 Å². The molecule has 2 aromatic rings. The van der Waals surface area contributed by atoms with Gasteiger partial charge in [-0.1, -0.05) is 28.1 Å². The van der Waals surface area contributed by atoms with Crippen molar-refractivity contribution in [2.45, 2.75) is 6.92 Å². The Morgan fingerprint density at radius 3 is 2.39 bits per heavy atom. The highest BCUT2D eigenvalue weighted by Gasteiger charge is 2.02. The number of ether oxygens (including phenoxy) is 1. The van der Waals surface area contributed by atoms with Gasteiger partial charge in [0.25, 0.3) is 5.91 Å². The van der Waals surface area contributed by atoms with E-state index < -0.39 is 0 Å². The largest absolute Gasteiger partial charge is 0.497 e. The predicted molar refractivity (Wildman–Crippen MR) is 96.0 cm³/mol. The molecule has 0 spiro atoms. The molecule has 0 aliphatic rings. The zero-order valence-electron chi connectivity index (χ0n) is 13.0. The van der Waals surface area contributed by atoms with Crippen LogP contribution in [0.5, 0.6) is 5.75 Å². The predicted octanol–water partition coefficient (Wildman–Crippen LogP) is 3.41. The van der Waals surface area contributed by atoms with Crippen molar-refractivity contribution in [3.05, 3.63) is 58.6 Å². The molecule has 0 atom stereocenters. The van der Waals surface area contributed by atoms with Crippen molar-refractivity contribution in [3.63, 3.8) is 0 Å². The molecule has 6 heteroatoms. The number of methoxy groups -OCH3 is 1. The topological polar surface area (TPSA) is 62.7 Å². The van der Waals surface area contributed by atoms with Gasteiger partial charge in [-0.15, -0.1) is 0 Å². The molecule has 2 rings (SSSR count). The summed E-state index contributed by atoms with van der Waals surface area (Å²) >= 11 is 3.38. The van der Waals surface area contributed by atoms with Gasteiger partial charge in [-0.3, -0.25) is 4.79 Å². The van der Waals surface area contributed by atoms with Gasteiger partial charge in [0.1, 0.15) is 5.75 Å². The van der Waals surface area contributed by atoms with Crippen LogP contribution in [0.3, 0.4) is 0 Å². The Hall–Kier alpha value is -2.34. The van der Waals surface area contributed by atoms with E-state index in [1.54, 1.807) is 7.11 Å². The lowest BCUT2D eigenvalue weighted by atomic mass is 10.1. The molecular weight excluding hydrogens is 358 g/mol. The van der Waals surface area contributed by atoms with Crippen molar-refractivity contribution in [2.24, 2.45) is 5.10 Å². The molecule has 0 aliphatic heterocycles. The summed E-state index contributed by atoms with van der Waals surface area (Å²) in [5.74, 6) is 0.562. The van der Waals surface area contributed by atoms with Gasteiger partial charge in [0.2, 0.25) is 0 Å². The Kier molecular flexibility index (Phi) is 6.17. The van der Waals surface area contributed by atoms with Gasteiger partial charge < -0.3 is 10.1 Å². The molecule has 120 valence electrons. The summed E-state index contributed by atoms with van der Waals surface area (Å²) in [4.78, 5) is 11.8. The maximum Gasteiger partial charge on any atom is 0.259 e. The Morgan fingerprint density at radius 1 is 1.13 bits per heavy atom. The molecule has 0 radical (unpaired) electrons. The summed E-state index contributed by atoms with van der Waals surface area (Å²) in [6.45, 7) is 1.99. The van der Waals surface area contributed by atoms with Gasteiger partial charge in [-0.05, 0) is 48.9 Å². The van der Waals surface area contributed by atoms with Crippen molar-refractivity contribution in [3.8, 4) is 5.75 Å². The fourth-order valence-electron chi connectivity index (χ4n) is 1.83. The van der Waals surface area contributed by atoms with Crippen LogP contribution in [0, 0.1) is 0 Å². The molecular formula is C17H18BrN3O2. The van der Waals surface area contributed by atoms with Crippen LogP contribution in [-0.2, 0) is 4.79 Å². The molecule has 2 aromatic carbocycles. The molecule has 0 heterocycles. The minimum absolute atomic E-state index is 0.142. The van der Waals surface area contributed by atoms with Crippen LogP contribution in [0.25, 0.3) is 0 Å². The van der Waals surface area contributed by atoms with E-state index in [9.17, 15) is 4.79 Å². The lowest BCUT2D eigenvalue weighted by Gasteiger charge is -2.07. The molecule has 2 N–H and O–H groups in total. The second kappa shape index (κ2) is 8.33. The monoisotopic (exact) mass is 375 g/mol. The van der Waals surface area contributed by atoms with Gasteiger partial charge >= 0.3 is 0 Å². The van der Waals surface area contributed by atoms with Gasteiger partial charge in [0.05, 0.1) is 19.4 Å². The number of nitrogens with zero attached hydrogens (tertiary/aromatic N) is 1. The standard InChI is InChI=1S/C17H18BrN3O2/c1-12(13-3-5-14(18)6-4-13)20-21-17(22)11-19-15-7-9-16(23-2)10-8-15/h3-10,19H,11H2,1-2H3,(H,21,22). The van der Waals surface area contributed by atoms with Gasteiger partial charge in [-0.25, -0.2) is 5.43 Å². The van der Waals surface area contributed by atoms with E-state index >= 15 is 0 Å². The third-order valence-corrected chi connectivity index (χ3v) is 3.68. The quantitative estimate of drug-likeness (QED) is 0.600. The van der Waals surface area contributed by atoms with Crippen molar-refractivity contribution in [1.82, 2.24) is 5.43 Å². The lowest BCUT2D eigenvalue weighted by Crippen LogP contribution is -2.26. The van der Waals surface area contributed by atoms with Crippen molar-refractivity contribution in [1.29, 1.82) is 0 Å². The summed E-state index contributed by atoms with van der Waals surface area (Å²) in [7, 11) is 1.61. The van der Waals surface area contributed by atoms with Crippen LogP contribution in [0.2, 0.25) is 0 Å². The first-order valence-electron chi connectivity index (χ1n) is 7.05. The summed E-state index contributed by atoms with van der Waals surface area (Å²) in [6.07, 6.45) is 0. The molecule has 0 aliphatic carbocycles. The molecule has 0 unspecified atom stereocenters. The minimum atomic E-state index is -0.211. The normalized spacial score (nSPS) is 11.0. The number of nitrogens with one attached hydrogen (secondary N) is 2. The van der Waals surface area contributed by atoms with Crippen molar-refractivity contribution >= 4 is 33.2 Å². The number of anilines is 1. The van der Waals surface area contributed by atoms with Crippen LogP contribution in [0.1, 0.15) is 12.5 Å². The number of hydrogen-bond acceptors (Lipinski definition) is 4. The number of amides is 1. The number of hydrazone groups is 1. The maximum atomic E-state index is 11.8. The van der Waals surface area contributed by atoms with E-state index in [-0.39, 0.29) is 12.5 Å². The smallest absolute Gasteiger partial charge is 0.259 e. The number of halogens is 1. The average molecular weight is 376 g/mol. The Labute approximate surface area is 143 Å².